The Labute approximate surface area is 109 Å². The van der Waals surface area contributed by atoms with Gasteiger partial charge < -0.3 is 9.47 Å². The van der Waals surface area contributed by atoms with Crippen LogP contribution >= 0.6 is 0 Å². The maximum Gasteiger partial charge on any atom is 0.323 e. The fourth-order valence-corrected chi connectivity index (χ4v) is 1.65. The minimum Gasteiger partial charge on any atom is -0.468 e. The highest BCUT2D eigenvalue weighted by Crippen LogP contribution is 2.15. The molecule has 1 heterocycles. The van der Waals surface area contributed by atoms with Crippen LogP contribution < -0.4 is 0 Å². The maximum absolute atomic E-state index is 11.1. The second-order valence-electron chi connectivity index (χ2n) is 5.34. The van der Waals surface area contributed by atoms with Gasteiger partial charge in [0.1, 0.15) is 11.6 Å². The molecule has 0 aromatic carbocycles. The lowest BCUT2D eigenvalue weighted by atomic mass is 10.0. The van der Waals surface area contributed by atoms with Crippen LogP contribution in [-0.4, -0.2) is 49.7 Å². The van der Waals surface area contributed by atoms with Crippen LogP contribution in [-0.2, 0) is 19.1 Å². The molecule has 0 unspecified atom stereocenters. The number of nitrogens with zero attached hydrogens (tertiary/aromatic N) is 1. The van der Waals surface area contributed by atoms with E-state index in [4.69, 9.17) is 0 Å². The molecule has 5 nitrogen and oxygen atoms in total. The molecule has 1 fully saturated rings. The molecular weight excluding hydrogens is 234 g/mol. The lowest BCUT2D eigenvalue weighted by Gasteiger charge is -2.29. The molecule has 0 aliphatic carbocycles. The van der Waals surface area contributed by atoms with Gasteiger partial charge in [0.05, 0.1) is 7.11 Å². The SMILES string of the molecule is CC(C)(C)OC=O.COC(=O)[C@@H]1CCCCN1C. The van der Waals surface area contributed by atoms with Crippen LogP contribution in [0.15, 0.2) is 0 Å². The Morgan fingerprint density at radius 1 is 1.33 bits per heavy atom. The number of methoxy groups -OCH3 is 1. The number of ether oxygens (including phenoxy) is 2. The molecule has 5 heteroatoms. The summed E-state index contributed by atoms with van der Waals surface area (Å²) < 4.78 is 9.23. The number of esters is 1. The first-order valence-electron chi connectivity index (χ1n) is 6.21. The minimum absolute atomic E-state index is 0.00810. The van der Waals surface area contributed by atoms with E-state index >= 15 is 0 Å². The smallest absolute Gasteiger partial charge is 0.323 e. The zero-order chi connectivity index (χ0) is 14.2. The van der Waals surface area contributed by atoms with E-state index in [0.717, 1.165) is 19.4 Å². The highest BCUT2D eigenvalue weighted by molar-refractivity contribution is 5.75. The van der Waals surface area contributed by atoms with E-state index in [1.165, 1.54) is 13.5 Å². The van der Waals surface area contributed by atoms with E-state index < -0.39 is 0 Å². The molecule has 106 valence electrons. The number of hydrogen-bond donors (Lipinski definition) is 0. The third-order valence-corrected chi connectivity index (χ3v) is 2.65. The van der Waals surface area contributed by atoms with E-state index in [1.54, 1.807) is 0 Å². The zero-order valence-corrected chi connectivity index (χ0v) is 12.1. The van der Waals surface area contributed by atoms with Gasteiger partial charge >= 0.3 is 5.97 Å². The molecule has 1 saturated heterocycles. The van der Waals surface area contributed by atoms with Gasteiger partial charge in [-0.05, 0) is 47.2 Å². The highest BCUT2D eigenvalue weighted by atomic mass is 16.5. The van der Waals surface area contributed by atoms with E-state index in [1.807, 2.05) is 27.8 Å². The summed E-state index contributed by atoms with van der Waals surface area (Å²) in [6.07, 6.45) is 3.29. The van der Waals surface area contributed by atoms with Crippen LogP contribution in [0.2, 0.25) is 0 Å². The van der Waals surface area contributed by atoms with Gasteiger partial charge in [-0.15, -0.1) is 0 Å². The summed E-state index contributed by atoms with van der Waals surface area (Å²) in [5.41, 5.74) is -0.318. The van der Waals surface area contributed by atoms with Crippen molar-refractivity contribution in [1.29, 1.82) is 0 Å². The standard InChI is InChI=1S/C8H15NO2.C5H10O2/c1-9-6-4-3-5-7(9)8(10)11-2;1-5(2,3)7-4-6/h7H,3-6H2,1-2H3;4H,1-3H3/t7-;/m0./s1. The van der Waals surface area contributed by atoms with Gasteiger partial charge in [-0.1, -0.05) is 6.42 Å². The molecule has 1 rings (SSSR count). The molecule has 0 amide bonds. The predicted octanol–water partition coefficient (Wildman–Crippen LogP) is 1.60. The minimum atomic E-state index is -0.318. The molecule has 18 heavy (non-hydrogen) atoms. The molecule has 0 bridgehead atoms. The monoisotopic (exact) mass is 259 g/mol. The number of piperidine rings is 1. The Kier molecular flexibility index (Phi) is 7.59. The fourth-order valence-electron chi connectivity index (χ4n) is 1.65. The molecule has 1 aliphatic rings. The Hall–Kier alpha value is -1.10. The van der Waals surface area contributed by atoms with Crippen molar-refractivity contribution < 1.29 is 19.1 Å². The molecule has 0 radical (unpaired) electrons. The van der Waals surface area contributed by atoms with Crippen LogP contribution in [0.3, 0.4) is 0 Å². The molecule has 1 aliphatic heterocycles. The first-order chi connectivity index (χ1) is 8.31. The largest absolute Gasteiger partial charge is 0.468 e. The summed E-state index contributed by atoms with van der Waals surface area (Å²) in [6.45, 7) is 6.93. The van der Waals surface area contributed by atoms with Gasteiger partial charge in [0.2, 0.25) is 0 Å². The van der Waals surface area contributed by atoms with Gasteiger partial charge in [0.15, 0.2) is 0 Å². The van der Waals surface area contributed by atoms with Crippen LogP contribution in [0.4, 0.5) is 0 Å². The first kappa shape index (κ1) is 16.9. The van der Waals surface area contributed by atoms with E-state index in [-0.39, 0.29) is 17.6 Å². The molecule has 1 atom stereocenters. The van der Waals surface area contributed by atoms with E-state index in [0.29, 0.717) is 6.47 Å². The second-order valence-corrected chi connectivity index (χ2v) is 5.34. The summed E-state index contributed by atoms with van der Waals surface area (Å²) in [7, 11) is 3.42. The average molecular weight is 259 g/mol. The third kappa shape index (κ3) is 7.27. The van der Waals surface area contributed by atoms with Crippen molar-refractivity contribution in [2.24, 2.45) is 0 Å². The quantitative estimate of drug-likeness (QED) is 0.557. The summed E-state index contributed by atoms with van der Waals surface area (Å²) in [5.74, 6) is -0.0906. The van der Waals surface area contributed by atoms with Crippen LogP contribution in [0, 0.1) is 0 Å². The van der Waals surface area contributed by atoms with Crippen molar-refractivity contribution in [1.82, 2.24) is 4.90 Å². The summed E-state index contributed by atoms with van der Waals surface area (Å²) in [4.78, 5) is 22.8. The van der Waals surface area contributed by atoms with Crippen molar-refractivity contribution in [2.45, 2.75) is 51.7 Å². The Morgan fingerprint density at radius 3 is 2.28 bits per heavy atom. The lowest BCUT2D eigenvalue weighted by Crippen LogP contribution is -2.42. The van der Waals surface area contributed by atoms with Crippen molar-refractivity contribution in [3.63, 3.8) is 0 Å². The Bertz CT molecular complexity index is 260. The fraction of sp³-hybridized carbons (Fsp3) is 0.846. The van der Waals surface area contributed by atoms with Crippen molar-refractivity contribution in [3.8, 4) is 0 Å². The van der Waals surface area contributed by atoms with Crippen LogP contribution in [0.5, 0.6) is 0 Å². The van der Waals surface area contributed by atoms with Gasteiger partial charge in [0, 0.05) is 0 Å². The Morgan fingerprint density at radius 2 is 1.94 bits per heavy atom. The normalized spacial score (nSPS) is 20.4. The Balaban J connectivity index is 0.000000360. The first-order valence-corrected chi connectivity index (χ1v) is 6.21. The molecule has 0 aromatic rings. The molecule has 0 saturated carbocycles. The highest BCUT2D eigenvalue weighted by Gasteiger charge is 2.25. The predicted molar refractivity (Wildman–Crippen MR) is 69.2 cm³/mol. The number of likely N-dealkylation sites (tertiary alicyclic amines) is 1. The third-order valence-electron chi connectivity index (χ3n) is 2.65. The second kappa shape index (κ2) is 8.08. The van der Waals surface area contributed by atoms with Gasteiger partial charge in [-0.25, -0.2) is 0 Å². The number of likely N-dealkylation sites (N-methyl/N-ethyl adjacent to an activating group) is 1. The lowest BCUT2D eigenvalue weighted by molar-refractivity contribution is -0.147. The van der Waals surface area contributed by atoms with Gasteiger partial charge in [-0.3, -0.25) is 14.5 Å². The maximum atomic E-state index is 11.1. The van der Waals surface area contributed by atoms with Crippen LogP contribution in [0.25, 0.3) is 0 Å². The van der Waals surface area contributed by atoms with Gasteiger partial charge in [-0.2, -0.15) is 0 Å². The molecule has 0 aromatic heterocycles. The van der Waals surface area contributed by atoms with Crippen LogP contribution in [0.1, 0.15) is 40.0 Å². The summed E-state index contributed by atoms with van der Waals surface area (Å²) >= 11 is 0. The van der Waals surface area contributed by atoms with Gasteiger partial charge in [0.25, 0.3) is 6.47 Å². The number of carbonyl (C=O) groups excluding carboxylic acids is 2. The summed E-state index contributed by atoms with van der Waals surface area (Å²) in [5, 5.41) is 0. The number of hydrogen-bond acceptors (Lipinski definition) is 5. The van der Waals surface area contributed by atoms with Crippen molar-refractivity contribution >= 4 is 12.4 Å². The topological polar surface area (TPSA) is 55.8 Å². The molecular formula is C13H25NO4. The summed E-state index contributed by atoms with van der Waals surface area (Å²) in [6, 6.07) is 0.00810. The zero-order valence-electron chi connectivity index (χ0n) is 12.1. The van der Waals surface area contributed by atoms with Crippen molar-refractivity contribution in [2.75, 3.05) is 20.7 Å². The molecule has 0 spiro atoms. The van der Waals surface area contributed by atoms with Crippen molar-refractivity contribution in [3.05, 3.63) is 0 Å². The average Bonchev–Trinajstić information content (AvgIpc) is 2.28. The molecule has 0 N–H and O–H groups in total. The number of rotatable bonds is 2. The number of carbonyl (C=O) groups is 2. The van der Waals surface area contributed by atoms with E-state index in [2.05, 4.69) is 14.4 Å². The van der Waals surface area contributed by atoms with E-state index in [9.17, 15) is 9.59 Å².